The van der Waals surface area contributed by atoms with Gasteiger partial charge < -0.3 is 22.0 Å². The van der Waals surface area contributed by atoms with Crippen LogP contribution in [0, 0.1) is 0 Å². The van der Waals surface area contributed by atoms with Gasteiger partial charge in [-0.3, -0.25) is 0 Å². The van der Waals surface area contributed by atoms with Gasteiger partial charge in [0.05, 0.1) is 20.6 Å². The monoisotopic (exact) mass is 425 g/mol. The van der Waals surface area contributed by atoms with E-state index in [9.17, 15) is 5.11 Å². The van der Waals surface area contributed by atoms with E-state index in [1.54, 1.807) is 6.92 Å². The average Bonchev–Trinajstić information content (AvgIpc) is 2.60. The number of aliphatic hydroxyl groups is 1. The number of aliphatic hydroxyl groups excluding tert-OH is 1. The van der Waals surface area contributed by atoms with Gasteiger partial charge in [-0.1, -0.05) is 108 Å². The zero-order valence-corrected chi connectivity index (χ0v) is 20.3. The molecule has 2 nitrogen and oxygen atoms in total. The van der Waals surface area contributed by atoms with Crippen molar-refractivity contribution in [3.63, 3.8) is 0 Å². The van der Waals surface area contributed by atoms with Crippen LogP contribution in [0.2, 0.25) is 0 Å². The average molecular weight is 427 g/mol. The van der Waals surface area contributed by atoms with Gasteiger partial charge in [0.25, 0.3) is 0 Å². The van der Waals surface area contributed by atoms with E-state index in [4.69, 9.17) is 11.6 Å². The van der Waals surface area contributed by atoms with Crippen LogP contribution in [0.1, 0.15) is 117 Å². The van der Waals surface area contributed by atoms with Gasteiger partial charge in [0.1, 0.15) is 6.10 Å². The van der Waals surface area contributed by atoms with E-state index >= 15 is 0 Å². The molecule has 0 spiro atoms. The lowest BCUT2D eigenvalue weighted by Gasteiger charge is -2.35. The first-order chi connectivity index (χ1) is 12.4. The summed E-state index contributed by atoms with van der Waals surface area (Å²) in [7, 11) is 4.24. The number of quaternary nitrogens is 1. The van der Waals surface area contributed by atoms with Crippen LogP contribution < -0.4 is 12.4 Å². The minimum Gasteiger partial charge on any atom is -1.00 e. The zero-order chi connectivity index (χ0) is 19.7. The van der Waals surface area contributed by atoms with Crippen molar-refractivity contribution in [2.75, 3.05) is 20.6 Å². The second-order valence-electron chi connectivity index (χ2n) is 8.92. The summed E-state index contributed by atoms with van der Waals surface area (Å²) in [5.41, 5.74) is -0.202. The van der Waals surface area contributed by atoms with Crippen LogP contribution in [0.3, 0.4) is 0 Å². The zero-order valence-electron chi connectivity index (χ0n) is 18.8. The lowest BCUT2D eigenvalue weighted by molar-refractivity contribution is -0.905. The molecular formula is C23H49Cl2NO. The molecule has 0 bridgehead atoms. The molecule has 0 aliphatic heterocycles. The van der Waals surface area contributed by atoms with E-state index in [-0.39, 0.29) is 17.9 Å². The van der Waals surface area contributed by atoms with Gasteiger partial charge in [0, 0.05) is 0 Å². The first-order valence-electron chi connectivity index (χ1n) is 11.6. The van der Waals surface area contributed by atoms with Crippen LogP contribution >= 0.6 is 11.6 Å². The number of hydrogen-bond acceptors (Lipinski definition) is 1. The molecule has 0 saturated carbocycles. The van der Waals surface area contributed by atoms with Crippen molar-refractivity contribution in [1.82, 2.24) is 0 Å². The van der Waals surface area contributed by atoms with Crippen LogP contribution in [-0.4, -0.2) is 41.8 Å². The molecule has 0 aromatic rings. The van der Waals surface area contributed by atoms with E-state index in [1.165, 1.54) is 103 Å². The van der Waals surface area contributed by atoms with Crippen molar-refractivity contribution in [1.29, 1.82) is 0 Å². The summed E-state index contributed by atoms with van der Waals surface area (Å²) in [5.74, 6) is 0. The van der Waals surface area contributed by atoms with Crippen molar-refractivity contribution < 1.29 is 22.0 Å². The van der Waals surface area contributed by atoms with Crippen molar-refractivity contribution >= 4 is 11.6 Å². The minimum absolute atomic E-state index is 0. The number of hydrogen-bond donors (Lipinski definition) is 1. The summed E-state index contributed by atoms with van der Waals surface area (Å²) in [6, 6.07) is 0. The summed E-state index contributed by atoms with van der Waals surface area (Å²) in [4.78, 5) is 0. The molecule has 0 heterocycles. The SMILES string of the molecule is CCCCCCCCCCCCCCCCCC[N+](C)(C)C(Cl)C(C)O.[Cl-]. The van der Waals surface area contributed by atoms with E-state index in [2.05, 4.69) is 21.0 Å². The van der Waals surface area contributed by atoms with E-state index in [0.29, 0.717) is 4.48 Å². The number of alkyl halides is 1. The molecule has 0 aromatic heterocycles. The standard InChI is InChI=1S/C23H49ClNO.ClH/c1-5-6-7-8-9-10-11-12-13-14-15-16-17-18-19-20-21-25(3,4)23(24)22(2)26;/h22-23,26H,5-21H2,1-4H3;1H/q+1;/p-1. The topological polar surface area (TPSA) is 20.2 Å². The Balaban J connectivity index is 0. The molecule has 166 valence electrons. The molecule has 2 unspecified atom stereocenters. The predicted octanol–water partition coefficient (Wildman–Crippen LogP) is 4.27. The second-order valence-corrected chi connectivity index (χ2v) is 9.37. The van der Waals surface area contributed by atoms with Gasteiger partial charge in [-0.2, -0.15) is 0 Å². The summed E-state index contributed by atoms with van der Waals surface area (Å²) >= 11 is 6.30. The van der Waals surface area contributed by atoms with E-state index < -0.39 is 6.10 Å². The summed E-state index contributed by atoms with van der Waals surface area (Å²) < 4.78 is 0.706. The molecule has 0 fully saturated rings. The van der Waals surface area contributed by atoms with Crippen molar-refractivity contribution in [2.45, 2.75) is 128 Å². The highest BCUT2D eigenvalue weighted by molar-refractivity contribution is 6.19. The number of halogens is 2. The first kappa shape index (κ1) is 29.7. The van der Waals surface area contributed by atoms with E-state index in [1.807, 2.05) is 0 Å². The largest absolute Gasteiger partial charge is 1.00 e. The fraction of sp³-hybridized carbons (Fsp3) is 1.00. The Hall–Kier alpha value is 0.500. The molecule has 0 aliphatic rings. The molecule has 0 aromatic carbocycles. The van der Waals surface area contributed by atoms with E-state index in [0.717, 1.165) is 6.54 Å². The quantitative estimate of drug-likeness (QED) is 0.142. The Morgan fingerprint density at radius 3 is 1.26 bits per heavy atom. The third-order valence-corrected chi connectivity index (χ3v) is 6.55. The number of likely N-dealkylation sites (N-methyl/N-ethyl adjacent to an activating group) is 1. The molecular weight excluding hydrogens is 377 g/mol. The fourth-order valence-corrected chi connectivity index (χ4v) is 3.87. The third-order valence-electron chi connectivity index (χ3n) is 5.65. The van der Waals surface area contributed by atoms with Gasteiger partial charge >= 0.3 is 0 Å². The Bertz CT molecular complexity index is 298. The highest BCUT2D eigenvalue weighted by Gasteiger charge is 2.29. The summed E-state index contributed by atoms with van der Waals surface area (Å²) in [6.45, 7) is 5.12. The molecule has 1 N–H and O–H groups in total. The maximum absolute atomic E-state index is 9.64. The number of unbranched alkanes of at least 4 members (excludes halogenated alkanes) is 15. The molecule has 0 radical (unpaired) electrons. The lowest BCUT2D eigenvalue weighted by atomic mass is 10.0. The first-order valence-corrected chi connectivity index (χ1v) is 12.0. The normalized spacial score (nSPS) is 14.0. The molecule has 0 aliphatic carbocycles. The third kappa shape index (κ3) is 18.3. The fourth-order valence-electron chi connectivity index (χ4n) is 3.77. The van der Waals surface area contributed by atoms with Crippen LogP contribution in [-0.2, 0) is 0 Å². The van der Waals surface area contributed by atoms with Gasteiger partial charge in [0.15, 0.2) is 5.50 Å². The van der Waals surface area contributed by atoms with Gasteiger partial charge in [-0.05, 0) is 19.8 Å². The second kappa shape index (κ2) is 19.8. The highest BCUT2D eigenvalue weighted by Crippen LogP contribution is 2.18. The van der Waals surface area contributed by atoms with Crippen LogP contribution in [0.4, 0.5) is 0 Å². The summed E-state index contributed by atoms with van der Waals surface area (Å²) in [5, 5.41) is 9.64. The molecule has 4 heteroatoms. The number of rotatable bonds is 19. The molecule has 0 amide bonds. The molecule has 0 rings (SSSR count). The Morgan fingerprint density at radius 2 is 0.963 bits per heavy atom. The molecule has 0 saturated heterocycles. The molecule has 2 atom stereocenters. The van der Waals surface area contributed by atoms with Crippen LogP contribution in [0.5, 0.6) is 0 Å². The van der Waals surface area contributed by atoms with Crippen LogP contribution in [0.15, 0.2) is 0 Å². The number of nitrogens with zero attached hydrogens (tertiary/aromatic N) is 1. The smallest absolute Gasteiger partial charge is 0.190 e. The Kier molecular flexibility index (Phi) is 21.8. The van der Waals surface area contributed by atoms with Gasteiger partial charge in [0.2, 0.25) is 0 Å². The maximum Gasteiger partial charge on any atom is 0.190 e. The Labute approximate surface area is 182 Å². The maximum atomic E-state index is 9.64. The minimum atomic E-state index is -0.451. The lowest BCUT2D eigenvalue weighted by Crippen LogP contribution is -3.00. The van der Waals surface area contributed by atoms with Crippen molar-refractivity contribution in [3.8, 4) is 0 Å². The summed E-state index contributed by atoms with van der Waals surface area (Å²) in [6.07, 6.45) is 22.0. The van der Waals surface area contributed by atoms with Gasteiger partial charge in [-0.15, -0.1) is 0 Å². The van der Waals surface area contributed by atoms with Crippen molar-refractivity contribution in [2.24, 2.45) is 0 Å². The Morgan fingerprint density at radius 1 is 0.667 bits per heavy atom. The highest BCUT2D eigenvalue weighted by atomic mass is 35.5. The molecule has 27 heavy (non-hydrogen) atoms. The van der Waals surface area contributed by atoms with Crippen molar-refractivity contribution in [3.05, 3.63) is 0 Å². The predicted molar refractivity (Wildman–Crippen MR) is 118 cm³/mol. The van der Waals surface area contributed by atoms with Gasteiger partial charge in [-0.25, -0.2) is 0 Å². The van der Waals surface area contributed by atoms with Crippen LogP contribution in [0.25, 0.3) is 0 Å².